The first kappa shape index (κ1) is 17.7. The lowest BCUT2D eigenvalue weighted by Crippen LogP contribution is -2.39. The largest absolute Gasteiger partial charge is 0.456 e. The number of nitrogens with two attached hydrogens (primary N) is 1. The van der Waals surface area contributed by atoms with Crippen molar-refractivity contribution < 1.29 is 4.42 Å². The van der Waals surface area contributed by atoms with Crippen LogP contribution in [0.4, 0.5) is 0 Å². The number of rotatable bonds is 3. The highest BCUT2D eigenvalue weighted by Gasteiger charge is 2.18. The van der Waals surface area contributed by atoms with E-state index in [0.717, 1.165) is 70.6 Å². The molecule has 5 rings (SSSR count). The highest BCUT2D eigenvalue weighted by Crippen LogP contribution is 2.35. The minimum atomic E-state index is 0.335. The number of benzene rings is 2. The molecule has 0 spiro atoms. The van der Waals surface area contributed by atoms with Gasteiger partial charge in [0.25, 0.3) is 0 Å². The van der Waals surface area contributed by atoms with Gasteiger partial charge in [0, 0.05) is 41.3 Å². The Morgan fingerprint density at radius 2 is 1.89 bits per heavy atom. The molecule has 28 heavy (non-hydrogen) atoms. The highest BCUT2D eigenvalue weighted by atomic mass is 35.5. The van der Waals surface area contributed by atoms with E-state index >= 15 is 0 Å². The first-order valence-corrected chi connectivity index (χ1v) is 10.1. The first-order chi connectivity index (χ1) is 13.7. The predicted molar refractivity (Wildman–Crippen MR) is 114 cm³/mol. The molecule has 4 aromatic rings. The van der Waals surface area contributed by atoms with Crippen molar-refractivity contribution in [2.45, 2.75) is 25.4 Å². The summed E-state index contributed by atoms with van der Waals surface area (Å²) in [4.78, 5) is 6.85. The SMILES string of the molecule is NC1CCN(Cc2cc(Cl)c3cncc(-c4cc5ccccc5o4)c3c2)CC1. The van der Waals surface area contributed by atoms with E-state index in [1.54, 1.807) is 0 Å². The van der Waals surface area contributed by atoms with Crippen molar-refractivity contribution in [2.75, 3.05) is 13.1 Å². The Morgan fingerprint density at radius 1 is 1.07 bits per heavy atom. The normalized spacial score (nSPS) is 16.2. The van der Waals surface area contributed by atoms with Gasteiger partial charge in [-0.3, -0.25) is 9.88 Å². The molecule has 2 N–H and O–H groups in total. The number of fused-ring (bicyclic) bond motifs is 2. The topological polar surface area (TPSA) is 55.3 Å². The van der Waals surface area contributed by atoms with Crippen LogP contribution in [0.25, 0.3) is 33.1 Å². The fourth-order valence-electron chi connectivity index (χ4n) is 4.06. The number of halogens is 1. The van der Waals surface area contributed by atoms with E-state index < -0.39 is 0 Å². The van der Waals surface area contributed by atoms with E-state index in [1.807, 2.05) is 30.6 Å². The maximum Gasteiger partial charge on any atom is 0.137 e. The average Bonchev–Trinajstić information content (AvgIpc) is 3.13. The monoisotopic (exact) mass is 391 g/mol. The Hall–Kier alpha value is -2.40. The first-order valence-electron chi connectivity index (χ1n) is 9.70. The van der Waals surface area contributed by atoms with E-state index in [0.29, 0.717) is 6.04 Å². The fourth-order valence-corrected chi connectivity index (χ4v) is 4.35. The predicted octanol–water partition coefficient (Wildman–Crippen LogP) is 5.22. The Balaban J connectivity index is 1.57. The second-order valence-corrected chi connectivity index (χ2v) is 8.03. The molecule has 142 valence electrons. The molecule has 3 heterocycles. The third-order valence-corrected chi connectivity index (χ3v) is 5.93. The number of aromatic nitrogens is 1. The van der Waals surface area contributed by atoms with Gasteiger partial charge in [0.05, 0.1) is 5.02 Å². The van der Waals surface area contributed by atoms with Crippen molar-refractivity contribution in [3.05, 3.63) is 65.4 Å². The lowest BCUT2D eigenvalue weighted by molar-refractivity contribution is 0.206. The lowest BCUT2D eigenvalue weighted by Gasteiger charge is -2.30. The minimum absolute atomic E-state index is 0.335. The summed E-state index contributed by atoms with van der Waals surface area (Å²) in [5.74, 6) is 0.816. The molecule has 0 amide bonds. The molecule has 0 atom stereocenters. The Labute approximate surface area is 168 Å². The molecule has 0 bridgehead atoms. The van der Waals surface area contributed by atoms with E-state index in [4.69, 9.17) is 21.8 Å². The summed E-state index contributed by atoms with van der Waals surface area (Å²) < 4.78 is 6.10. The van der Waals surface area contributed by atoms with Gasteiger partial charge in [0.1, 0.15) is 11.3 Å². The third-order valence-electron chi connectivity index (χ3n) is 5.62. The smallest absolute Gasteiger partial charge is 0.137 e. The Kier molecular flexibility index (Phi) is 4.55. The summed E-state index contributed by atoms with van der Waals surface area (Å²) in [6.07, 6.45) is 5.79. The number of hydrogen-bond donors (Lipinski definition) is 1. The van der Waals surface area contributed by atoms with Crippen molar-refractivity contribution >= 4 is 33.3 Å². The van der Waals surface area contributed by atoms with Crippen LogP contribution in [-0.2, 0) is 6.54 Å². The van der Waals surface area contributed by atoms with E-state index in [2.05, 4.69) is 34.1 Å². The number of nitrogens with zero attached hydrogens (tertiary/aromatic N) is 2. The Bertz CT molecular complexity index is 1110. The standard InChI is InChI=1S/C23H22ClN3O/c24-21-10-15(14-27-7-5-17(25)6-8-27)9-18-19(21)12-26-13-20(18)23-11-16-3-1-2-4-22(16)28-23/h1-4,9-13,17H,5-8,14,25H2. The highest BCUT2D eigenvalue weighted by molar-refractivity contribution is 6.36. The van der Waals surface area contributed by atoms with Crippen LogP contribution in [0.15, 0.2) is 59.3 Å². The van der Waals surface area contributed by atoms with Gasteiger partial charge in [-0.05, 0) is 61.1 Å². The third kappa shape index (κ3) is 3.28. The number of pyridine rings is 1. The summed E-state index contributed by atoms with van der Waals surface area (Å²) in [6.45, 7) is 2.94. The van der Waals surface area contributed by atoms with Crippen LogP contribution in [-0.4, -0.2) is 29.0 Å². The van der Waals surface area contributed by atoms with Crippen LogP contribution in [0.5, 0.6) is 0 Å². The molecule has 0 radical (unpaired) electrons. The summed E-state index contributed by atoms with van der Waals surface area (Å²) in [6, 6.07) is 14.7. The zero-order chi connectivity index (χ0) is 19.1. The van der Waals surface area contributed by atoms with Crippen LogP contribution >= 0.6 is 11.6 Å². The Morgan fingerprint density at radius 3 is 2.71 bits per heavy atom. The van der Waals surface area contributed by atoms with Gasteiger partial charge in [-0.1, -0.05) is 29.8 Å². The molecule has 0 unspecified atom stereocenters. The molecular formula is C23H22ClN3O. The molecule has 5 heteroatoms. The number of hydrogen-bond acceptors (Lipinski definition) is 4. The zero-order valence-electron chi connectivity index (χ0n) is 15.6. The summed E-state index contributed by atoms with van der Waals surface area (Å²) in [7, 11) is 0. The molecule has 1 saturated heterocycles. The van der Waals surface area contributed by atoms with Gasteiger partial charge in [0.15, 0.2) is 0 Å². The van der Waals surface area contributed by atoms with Crippen molar-refractivity contribution in [1.29, 1.82) is 0 Å². The van der Waals surface area contributed by atoms with Crippen molar-refractivity contribution in [3.8, 4) is 11.3 Å². The van der Waals surface area contributed by atoms with Gasteiger partial charge in [-0.25, -0.2) is 0 Å². The quantitative estimate of drug-likeness (QED) is 0.520. The molecule has 2 aromatic carbocycles. The minimum Gasteiger partial charge on any atom is -0.456 e. The molecule has 1 fully saturated rings. The molecular weight excluding hydrogens is 370 g/mol. The molecule has 2 aromatic heterocycles. The van der Waals surface area contributed by atoms with Crippen molar-refractivity contribution in [1.82, 2.24) is 9.88 Å². The lowest BCUT2D eigenvalue weighted by atomic mass is 10.0. The summed E-state index contributed by atoms with van der Waals surface area (Å²) >= 11 is 6.63. The molecule has 1 aliphatic heterocycles. The van der Waals surface area contributed by atoms with Crippen molar-refractivity contribution in [2.24, 2.45) is 5.73 Å². The number of piperidine rings is 1. The molecule has 1 aliphatic rings. The molecule has 0 aliphatic carbocycles. The average molecular weight is 392 g/mol. The van der Waals surface area contributed by atoms with E-state index in [-0.39, 0.29) is 0 Å². The fraction of sp³-hybridized carbons (Fsp3) is 0.261. The van der Waals surface area contributed by atoms with Gasteiger partial charge in [0.2, 0.25) is 0 Å². The van der Waals surface area contributed by atoms with Gasteiger partial charge in [-0.15, -0.1) is 0 Å². The second-order valence-electron chi connectivity index (χ2n) is 7.62. The zero-order valence-corrected chi connectivity index (χ0v) is 16.3. The van der Waals surface area contributed by atoms with Crippen molar-refractivity contribution in [3.63, 3.8) is 0 Å². The molecule has 4 nitrogen and oxygen atoms in total. The number of furan rings is 1. The summed E-state index contributed by atoms with van der Waals surface area (Å²) in [5.41, 5.74) is 9.09. The number of likely N-dealkylation sites (tertiary alicyclic amines) is 1. The van der Waals surface area contributed by atoms with Crippen LogP contribution in [0.2, 0.25) is 5.02 Å². The number of para-hydroxylation sites is 1. The maximum absolute atomic E-state index is 6.63. The van der Waals surface area contributed by atoms with Gasteiger partial charge < -0.3 is 10.2 Å². The van der Waals surface area contributed by atoms with Crippen LogP contribution in [0, 0.1) is 0 Å². The summed E-state index contributed by atoms with van der Waals surface area (Å²) in [5, 5.41) is 3.84. The van der Waals surface area contributed by atoms with Crippen LogP contribution in [0.3, 0.4) is 0 Å². The molecule has 0 saturated carbocycles. The van der Waals surface area contributed by atoms with Crippen LogP contribution in [0.1, 0.15) is 18.4 Å². The van der Waals surface area contributed by atoms with E-state index in [9.17, 15) is 0 Å². The van der Waals surface area contributed by atoms with Gasteiger partial charge in [-0.2, -0.15) is 0 Å². The second kappa shape index (κ2) is 7.21. The van der Waals surface area contributed by atoms with E-state index in [1.165, 1.54) is 5.56 Å². The van der Waals surface area contributed by atoms with Gasteiger partial charge >= 0.3 is 0 Å². The van der Waals surface area contributed by atoms with Crippen LogP contribution < -0.4 is 5.73 Å². The maximum atomic E-state index is 6.63.